The van der Waals surface area contributed by atoms with E-state index in [1.165, 1.54) is 0 Å². The van der Waals surface area contributed by atoms with E-state index >= 15 is 0 Å². The van der Waals surface area contributed by atoms with E-state index in [9.17, 15) is 4.79 Å². The minimum absolute atomic E-state index is 0.00846. The summed E-state index contributed by atoms with van der Waals surface area (Å²) >= 11 is 6.02. The second-order valence-electron chi connectivity index (χ2n) is 7.72. The number of aryl methyl sites for hydroxylation is 1. The molecule has 1 aliphatic rings. The van der Waals surface area contributed by atoms with Gasteiger partial charge in [-0.05, 0) is 54.4 Å². The molecule has 1 fully saturated rings. The molecule has 2 rings (SSSR count). The van der Waals surface area contributed by atoms with Gasteiger partial charge in [0.15, 0.2) is 0 Å². The molecule has 1 unspecified atom stereocenters. The highest BCUT2D eigenvalue weighted by molar-refractivity contribution is 6.31. The largest absolute Gasteiger partial charge is 0.351 e. The maximum atomic E-state index is 12.5. The molecule has 2 N–H and O–H groups in total. The van der Waals surface area contributed by atoms with Crippen molar-refractivity contribution in [2.45, 2.75) is 77.5 Å². The Balaban J connectivity index is 2.05. The van der Waals surface area contributed by atoms with Gasteiger partial charge in [-0.2, -0.15) is 5.10 Å². The average Bonchev–Trinajstić information content (AvgIpc) is 2.64. The molecule has 1 aromatic rings. The summed E-state index contributed by atoms with van der Waals surface area (Å²) in [5, 5.41) is 11.7. The van der Waals surface area contributed by atoms with Gasteiger partial charge in [0, 0.05) is 23.3 Å². The number of hydrogen-bond donors (Lipinski definition) is 2. The minimum atomic E-state index is -0.368. The van der Waals surface area contributed by atoms with E-state index in [1.54, 1.807) is 10.9 Å². The maximum absolute atomic E-state index is 12.5. The van der Waals surface area contributed by atoms with Crippen molar-refractivity contribution in [3.8, 4) is 0 Å². The average molecular weight is 327 g/mol. The van der Waals surface area contributed by atoms with Crippen molar-refractivity contribution in [3.05, 3.63) is 16.9 Å². The minimum Gasteiger partial charge on any atom is -0.351 e. The van der Waals surface area contributed by atoms with Gasteiger partial charge in [-0.15, -0.1) is 0 Å². The van der Waals surface area contributed by atoms with Crippen LogP contribution in [-0.2, 0) is 4.79 Å². The highest BCUT2D eigenvalue weighted by atomic mass is 35.5. The number of aromatic nitrogens is 2. The van der Waals surface area contributed by atoms with Crippen LogP contribution in [0.25, 0.3) is 0 Å². The van der Waals surface area contributed by atoms with E-state index < -0.39 is 0 Å². The SMILES string of the molecule is Cc1nn(C(C)C(=O)NC2CC(C)(C)NC(C)(C)C2)cc1Cl. The third-order valence-corrected chi connectivity index (χ3v) is 4.54. The molecule has 1 atom stereocenters. The monoisotopic (exact) mass is 326 g/mol. The van der Waals surface area contributed by atoms with E-state index in [0.717, 1.165) is 18.5 Å². The summed E-state index contributed by atoms with van der Waals surface area (Å²) in [6, 6.07) is -0.208. The molecule has 6 heteroatoms. The van der Waals surface area contributed by atoms with Crippen molar-refractivity contribution >= 4 is 17.5 Å². The third kappa shape index (κ3) is 4.02. The molecule has 1 aromatic heterocycles. The lowest BCUT2D eigenvalue weighted by Crippen LogP contribution is -2.62. The van der Waals surface area contributed by atoms with E-state index in [2.05, 4.69) is 43.4 Å². The third-order valence-electron chi connectivity index (χ3n) is 4.17. The standard InChI is InChI=1S/C16H27ClN4O/c1-10-13(17)9-21(19-10)11(2)14(22)18-12-7-15(3,4)20-16(5,6)8-12/h9,11-12,20H,7-8H2,1-6H3,(H,18,22). The Morgan fingerprint density at radius 3 is 2.41 bits per heavy atom. The van der Waals surface area contributed by atoms with Gasteiger partial charge in [-0.3, -0.25) is 9.48 Å². The van der Waals surface area contributed by atoms with Crippen LogP contribution in [0.2, 0.25) is 5.02 Å². The van der Waals surface area contributed by atoms with Gasteiger partial charge in [0.25, 0.3) is 0 Å². The number of carbonyl (C=O) groups is 1. The Morgan fingerprint density at radius 2 is 1.95 bits per heavy atom. The zero-order valence-electron chi connectivity index (χ0n) is 14.3. The van der Waals surface area contributed by atoms with Crippen LogP contribution in [0.4, 0.5) is 0 Å². The first kappa shape index (κ1) is 17.3. The molecule has 124 valence electrons. The van der Waals surface area contributed by atoms with E-state index in [4.69, 9.17) is 11.6 Å². The van der Waals surface area contributed by atoms with Crippen molar-refractivity contribution in [2.75, 3.05) is 0 Å². The summed E-state index contributed by atoms with van der Waals surface area (Å²) in [4.78, 5) is 12.5. The first-order valence-corrected chi connectivity index (χ1v) is 8.18. The van der Waals surface area contributed by atoms with E-state index in [-0.39, 0.29) is 29.1 Å². The molecule has 0 radical (unpaired) electrons. The van der Waals surface area contributed by atoms with Crippen molar-refractivity contribution in [1.29, 1.82) is 0 Å². The molecular formula is C16H27ClN4O. The predicted molar refractivity (Wildman–Crippen MR) is 89.1 cm³/mol. The summed E-state index contributed by atoms with van der Waals surface area (Å²) in [6.07, 6.45) is 3.53. The van der Waals surface area contributed by atoms with Crippen LogP contribution in [0.15, 0.2) is 6.20 Å². The Morgan fingerprint density at radius 1 is 1.41 bits per heavy atom. The number of nitrogens with zero attached hydrogens (tertiary/aromatic N) is 2. The molecule has 1 saturated heterocycles. The number of carbonyl (C=O) groups excluding carboxylic acids is 1. The smallest absolute Gasteiger partial charge is 0.244 e. The zero-order valence-corrected chi connectivity index (χ0v) is 15.1. The fraction of sp³-hybridized carbons (Fsp3) is 0.750. The van der Waals surface area contributed by atoms with Gasteiger partial charge in [0.2, 0.25) is 5.91 Å². The van der Waals surface area contributed by atoms with Crippen LogP contribution in [-0.4, -0.2) is 32.8 Å². The fourth-order valence-corrected chi connectivity index (χ4v) is 3.66. The number of piperidine rings is 1. The summed E-state index contributed by atoms with van der Waals surface area (Å²) in [5.74, 6) is -0.0160. The van der Waals surface area contributed by atoms with Crippen molar-refractivity contribution in [3.63, 3.8) is 0 Å². The number of halogens is 1. The number of hydrogen-bond acceptors (Lipinski definition) is 3. The Kier molecular flexibility index (Phi) is 4.60. The van der Waals surface area contributed by atoms with Crippen LogP contribution in [0, 0.1) is 6.92 Å². The number of nitrogens with one attached hydrogen (secondary N) is 2. The van der Waals surface area contributed by atoms with E-state index in [1.807, 2.05) is 13.8 Å². The van der Waals surface area contributed by atoms with E-state index in [0.29, 0.717) is 5.02 Å². The number of amides is 1. The predicted octanol–water partition coefficient (Wildman–Crippen LogP) is 2.83. The van der Waals surface area contributed by atoms with Crippen LogP contribution in [0.3, 0.4) is 0 Å². The molecule has 0 spiro atoms. The van der Waals surface area contributed by atoms with Gasteiger partial charge in [0.05, 0.1) is 10.7 Å². The normalized spacial score (nSPS) is 22.3. The van der Waals surface area contributed by atoms with Gasteiger partial charge in [-0.1, -0.05) is 11.6 Å². The summed E-state index contributed by atoms with van der Waals surface area (Å²) in [6.45, 7) is 12.4. The van der Waals surface area contributed by atoms with Crippen LogP contribution < -0.4 is 10.6 Å². The Bertz CT molecular complexity index is 529. The molecule has 22 heavy (non-hydrogen) atoms. The quantitative estimate of drug-likeness (QED) is 0.898. The van der Waals surface area contributed by atoms with Crippen LogP contribution in [0.5, 0.6) is 0 Å². The van der Waals surface area contributed by atoms with Gasteiger partial charge in [0.1, 0.15) is 6.04 Å². The lowest BCUT2D eigenvalue weighted by molar-refractivity contribution is -0.125. The molecular weight excluding hydrogens is 300 g/mol. The molecule has 0 aromatic carbocycles. The lowest BCUT2D eigenvalue weighted by atomic mass is 9.79. The Hall–Kier alpha value is -1.07. The van der Waals surface area contributed by atoms with Crippen molar-refractivity contribution in [2.24, 2.45) is 0 Å². The Labute approximate surface area is 137 Å². The first-order valence-electron chi connectivity index (χ1n) is 7.80. The van der Waals surface area contributed by atoms with Crippen molar-refractivity contribution < 1.29 is 4.79 Å². The first-order chi connectivity index (χ1) is 9.99. The maximum Gasteiger partial charge on any atom is 0.244 e. The molecule has 2 heterocycles. The molecule has 1 aliphatic heterocycles. The fourth-order valence-electron chi connectivity index (χ4n) is 3.52. The second-order valence-corrected chi connectivity index (χ2v) is 8.13. The van der Waals surface area contributed by atoms with Crippen LogP contribution in [0.1, 0.15) is 59.2 Å². The zero-order chi connectivity index (χ0) is 16.7. The lowest BCUT2D eigenvalue weighted by Gasteiger charge is -2.46. The summed E-state index contributed by atoms with van der Waals surface area (Å²) in [7, 11) is 0. The summed E-state index contributed by atoms with van der Waals surface area (Å²) < 4.78 is 1.63. The highest BCUT2D eigenvalue weighted by Gasteiger charge is 2.38. The van der Waals surface area contributed by atoms with Gasteiger partial charge in [-0.25, -0.2) is 0 Å². The second kappa shape index (κ2) is 5.85. The molecule has 0 saturated carbocycles. The molecule has 5 nitrogen and oxygen atoms in total. The van der Waals surface area contributed by atoms with Crippen molar-refractivity contribution in [1.82, 2.24) is 20.4 Å². The number of rotatable bonds is 3. The molecule has 0 aliphatic carbocycles. The van der Waals surface area contributed by atoms with Gasteiger partial charge >= 0.3 is 0 Å². The highest BCUT2D eigenvalue weighted by Crippen LogP contribution is 2.28. The molecule has 1 amide bonds. The topological polar surface area (TPSA) is 59.0 Å². The van der Waals surface area contributed by atoms with Crippen LogP contribution >= 0.6 is 11.6 Å². The summed E-state index contributed by atoms with van der Waals surface area (Å²) in [5.41, 5.74) is 0.758. The molecule has 0 bridgehead atoms. The van der Waals surface area contributed by atoms with Gasteiger partial charge < -0.3 is 10.6 Å².